The maximum Gasteiger partial charge on any atom is 0.240 e. The van der Waals surface area contributed by atoms with Crippen LogP contribution < -0.4 is 10.1 Å². The second-order valence-electron chi connectivity index (χ2n) is 4.20. The lowest BCUT2D eigenvalue weighted by Crippen LogP contribution is -1.99. The zero-order valence-electron chi connectivity index (χ0n) is 11.2. The molecule has 1 heterocycles. The Bertz CT molecular complexity index is 779. The molecular weight excluding hydrogens is 335 g/mol. The van der Waals surface area contributed by atoms with Crippen molar-refractivity contribution in [2.75, 3.05) is 18.6 Å². The van der Waals surface area contributed by atoms with Crippen molar-refractivity contribution in [2.24, 2.45) is 0 Å². The number of pyridine rings is 1. The van der Waals surface area contributed by atoms with Gasteiger partial charge in [0.25, 0.3) is 0 Å². The van der Waals surface area contributed by atoms with Crippen molar-refractivity contribution in [3.63, 3.8) is 0 Å². The fourth-order valence-electron chi connectivity index (χ4n) is 1.58. The van der Waals surface area contributed by atoms with Crippen LogP contribution in [0.15, 0.2) is 35.2 Å². The molecule has 0 aliphatic carbocycles. The third-order valence-corrected chi connectivity index (χ3v) is 4.25. The van der Waals surface area contributed by atoms with E-state index < -0.39 is 9.84 Å². The van der Waals surface area contributed by atoms with Gasteiger partial charge in [-0.2, -0.15) is 4.98 Å². The van der Waals surface area contributed by atoms with Gasteiger partial charge in [0.15, 0.2) is 9.84 Å². The minimum absolute atomic E-state index is 0.135. The summed E-state index contributed by atoms with van der Waals surface area (Å²) >= 11 is 12.0. The van der Waals surface area contributed by atoms with Gasteiger partial charge in [-0.15, -0.1) is 0 Å². The van der Waals surface area contributed by atoms with Gasteiger partial charge in [-0.3, -0.25) is 0 Å². The summed E-state index contributed by atoms with van der Waals surface area (Å²) in [5, 5.41) is 3.39. The molecule has 0 aliphatic heterocycles. The quantitative estimate of drug-likeness (QED) is 0.915. The van der Waals surface area contributed by atoms with Crippen LogP contribution in [0.2, 0.25) is 10.0 Å². The van der Waals surface area contributed by atoms with Crippen LogP contribution in [0.1, 0.15) is 0 Å². The van der Waals surface area contributed by atoms with Gasteiger partial charge in [0, 0.05) is 13.3 Å². The lowest BCUT2D eigenvalue weighted by atomic mass is 10.3. The normalized spacial score (nSPS) is 11.2. The number of aromatic nitrogens is 1. The number of halogens is 2. The topological polar surface area (TPSA) is 68.3 Å². The van der Waals surface area contributed by atoms with Gasteiger partial charge < -0.3 is 10.1 Å². The van der Waals surface area contributed by atoms with E-state index in [0.717, 1.165) is 6.26 Å². The zero-order chi connectivity index (χ0) is 15.6. The van der Waals surface area contributed by atoms with E-state index in [1.807, 2.05) is 0 Å². The van der Waals surface area contributed by atoms with E-state index >= 15 is 0 Å². The summed E-state index contributed by atoms with van der Waals surface area (Å²) in [6.07, 6.45) is 1.12. The molecule has 8 heteroatoms. The van der Waals surface area contributed by atoms with Crippen LogP contribution in [0.4, 0.5) is 5.82 Å². The van der Waals surface area contributed by atoms with Crippen molar-refractivity contribution in [3.8, 4) is 11.6 Å². The molecule has 0 amide bonds. The number of rotatable bonds is 4. The molecule has 21 heavy (non-hydrogen) atoms. The summed E-state index contributed by atoms with van der Waals surface area (Å²) in [7, 11) is -1.65. The average Bonchev–Trinajstić information content (AvgIpc) is 2.41. The first-order valence-electron chi connectivity index (χ1n) is 5.83. The summed E-state index contributed by atoms with van der Waals surface area (Å²) in [5.74, 6) is 0.864. The van der Waals surface area contributed by atoms with Crippen molar-refractivity contribution in [2.45, 2.75) is 4.90 Å². The lowest BCUT2D eigenvalue weighted by molar-refractivity contribution is 0.462. The number of hydrogen-bond acceptors (Lipinski definition) is 5. The zero-order valence-corrected chi connectivity index (χ0v) is 13.6. The van der Waals surface area contributed by atoms with Crippen LogP contribution in [-0.4, -0.2) is 26.7 Å². The summed E-state index contributed by atoms with van der Waals surface area (Å²) in [5.41, 5.74) is 0. The molecule has 0 radical (unpaired) electrons. The number of sulfone groups is 1. The van der Waals surface area contributed by atoms with Gasteiger partial charge in [0.2, 0.25) is 5.88 Å². The SMILES string of the molecule is CNc1nc(Oc2cccc(S(C)(=O)=O)c2)c(Cl)cc1Cl. The minimum atomic E-state index is -3.31. The standard InChI is InChI=1S/C13H12Cl2N2O3S/c1-16-12-10(14)7-11(15)13(17-12)20-8-4-3-5-9(6-8)21(2,18)19/h3-7H,1-2H3,(H,16,17). The maximum atomic E-state index is 11.5. The molecule has 1 aromatic heterocycles. The molecule has 2 aromatic rings. The average molecular weight is 347 g/mol. The molecule has 1 N–H and O–H groups in total. The van der Waals surface area contributed by atoms with Gasteiger partial charge >= 0.3 is 0 Å². The molecule has 0 aliphatic rings. The highest BCUT2D eigenvalue weighted by Gasteiger charge is 2.12. The highest BCUT2D eigenvalue weighted by Crippen LogP contribution is 2.33. The Hall–Kier alpha value is -1.50. The predicted octanol–water partition coefficient (Wildman–Crippen LogP) is 3.63. The summed E-state index contributed by atoms with van der Waals surface area (Å²) in [6.45, 7) is 0. The van der Waals surface area contributed by atoms with E-state index in [1.54, 1.807) is 19.2 Å². The van der Waals surface area contributed by atoms with Crippen LogP contribution in [0.3, 0.4) is 0 Å². The van der Waals surface area contributed by atoms with E-state index in [9.17, 15) is 8.42 Å². The van der Waals surface area contributed by atoms with Gasteiger partial charge in [-0.1, -0.05) is 29.3 Å². The molecule has 0 atom stereocenters. The monoisotopic (exact) mass is 346 g/mol. The second kappa shape index (κ2) is 6.09. The summed E-state index contributed by atoms with van der Waals surface area (Å²) in [6, 6.07) is 7.58. The fourth-order valence-corrected chi connectivity index (χ4v) is 2.72. The minimum Gasteiger partial charge on any atom is -0.437 e. The molecule has 0 spiro atoms. The lowest BCUT2D eigenvalue weighted by Gasteiger charge is -2.10. The Morgan fingerprint density at radius 1 is 1.19 bits per heavy atom. The number of anilines is 1. The highest BCUT2D eigenvalue weighted by molar-refractivity contribution is 7.90. The molecule has 0 unspecified atom stereocenters. The number of nitrogens with zero attached hydrogens (tertiary/aromatic N) is 1. The Labute approximate surface area is 132 Å². The third kappa shape index (κ3) is 3.78. The molecular formula is C13H12Cl2N2O3S. The molecule has 112 valence electrons. The molecule has 5 nitrogen and oxygen atoms in total. The Morgan fingerprint density at radius 3 is 2.52 bits per heavy atom. The van der Waals surface area contributed by atoms with E-state index in [0.29, 0.717) is 16.6 Å². The van der Waals surface area contributed by atoms with Crippen LogP contribution in [0.25, 0.3) is 0 Å². The molecule has 2 rings (SSSR count). The molecule has 0 fully saturated rings. The van der Waals surface area contributed by atoms with Crippen molar-refractivity contribution in [1.29, 1.82) is 0 Å². The van der Waals surface area contributed by atoms with E-state index in [2.05, 4.69) is 10.3 Å². The fraction of sp³-hybridized carbons (Fsp3) is 0.154. The van der Waals surface area contributed by atoms with Gasteiger partial charge in [-0.05, 0) is 24.3 Å². The van der Waals surface area contributed by atoms with Crippen molar-refractivity contribution in [3.05, 3.63) is 40.4 Å². The van der Waals surface area contributed by atoms with Gasteiger partial charge in [0.05, 0.1) is 9.92 Å². The van der Waals surface area contributed by atoms with Crippen LogP contribution in [-0.2, 0) is 9.84 Å². The number of ether oxygens (including phenoxy) is 1. The van der Waals surface area contributed by atoms with Crippen LogP contribution >= 0.6 is 23.2 Å². The number of hydrogen-bond donors (Lipinski definition) is 1. The van der Waals surface area contributed by atoms with E-state index in [4.69, 9.17) is 27.9 Å². The highest BCUT2D eigenvalue weighted by atomic mass is 35.5. The third-order valence-electron chi connectivity index (χ3n) is 2.58. The van der Waals surface area contributed by atoms with Crippen molar-refractivity contribution in [1.82, 2.24) is 4.98 Å². The Morgan fingerprint density at radius 2 is 1.90 bits per heavy atom. The molecule has 0 bridgehead atoms. The summed E-state index contributed by atoms with van der Waals surface area (Å²) < 4.78 is 28.6. The number of benzene rings is 1. The Kier molecular flexibility index (Phi) is 4.61. The largest absolute Gasteiger partial charge is 0.437 e. The first-order valence-corrected chi connectivity index (χ1v) is 8.48. The van der Waals surface area contributed by atoms with E-state index in [1.165, 1.54) is 18.2 Å². The van der Waals surface area contributed by atoms with Gasteiger partial charge in [0.1, 0.15) is 16.6 Å². The van der Waals surface area contributed by atoms with Crippen molar-refractivity contribution < 1.29 is 13.2 Å². The smallest absolute Gasteiger partial charge is 0.240 e. The first-order chi connectivity index (χ1) is 9.81. The first kappa shape index (κ1) is 15.9. The molecule has 0 saturated heterocycles. The van der Waals surface area contributed by atoms with E-state index in [-0.39, 0.29) is 15.8 Å². The second-order valence-corrected chi connectivity index (χ2v) is 7.03. The predicted molar refractivity (Wildman–Crippen MR) is 83.4 cm³/mol. The maximum absolute atomic E-state index is 11.5. The van der Waals surface area contributed by atoms with Crippen LogP contribution in [0, 0.1) is 0 Å². The number of nitrogens with one attached hydrogen (secondary N) is 1. The van der Waals surface area contributed by atoms with Crippen LogP contribution in [0.5, 0.6) is 11.6 Å². The Balaban J connectivity index is 2.39. The molecule has 0 saturated carbocycles. The van der Waals surface area contributed by atoms with Gasteiger partial charge in [-0.25, -0.2) is 8.42 Å². The molecule has 1 aromatic carbocycles. The van der Waals surface area contributed by atoms with Crippen molar-refractivity contribution >= 4 is 38.9 Å². The summed E-state index contributed by atoms with van der Waals surface area (Å²) in [4.78, 5) is 4.28.